The molecule has 0 bridgehead atoms. The van der Waals surface area contributed by atoms with Crippen LogP contribution in [0.4, 0.5) is 18.9 Å². The predicted octanol–water partition coefficient (Wildman–Crippen LogP) is 6.86. The summed E-state index contributed by atoms with van der Waals surface area (Å²) in [6.45, 7) is 6.39. The van der Waals surface area contributed by atoms with E-state index in [2.05, 4.69) is 23.5 Å². The minimum atomic E-state index is -4.54. The lowest BCUT2D eigenvalue weighted by Gasteiger charge is -2.13. The van der Waals surface area contributed by atoms with Crippen LogP contribution >= 0.6 is 0 Å². The number of hydrogen-bond acceptors (Lipinski definition) is 3. The van der Waals surface area contributed by atoms with Crippen LogP contribution in [0.5, 0.6) is 5.75 Å². The van der Waals surface area contributed by atoms with Crippen molar-refractivity contribution in [1.29, 1.82) is 5.26 Å². The van der Waals surface area contributed by atoms with Crippen LogP contribution in [0.1, 0.15) is 40.3 Å². The number of nitrogens with one attached hydrogen (secondary N) is 1. The maximum absolute atomic E-state index is 12.9. The lowest BCUT2D eigenvalue weighted by molar-refractivity contribution is -0.137. The highest BCUT2D eigenvalue weighted by atomic mass is 19.4. The van der Waals surface area contributed by atoms with E-state index in [0.717, 1.165) is 23.3 Å². The number of carbonyl (C=O) groups is 1. The van der Waals surface area contributed by atoms with Gasteiger partial charge in [-0.15, -0.1) is 0 Å². The van der Waals surface area contributed by atoms with Gasteiger partial charge >= 0.3 is 6.18 Å². The largest absolute Gasteiger partial charge is 0.494 e. The first kappa shape index (κ1) is 25.6. The summed E-state index contributed by atoms with van der Waals surface area (Å²) >= 11 is 0. The SMILES string of the molecule is CCOc1cc(/C=C(\C#N)C(=O)Nc2cccc(C(F)(F)F)c2)ccc1Cc1cc(C)cc(C)c1. The standard InChI is InChI=1S/C28H25F3N2O2/c1-4-35-26-15-20(8-9-22(26)14-21-11-18(2)10-19(3)12-21)13-23(17-32)27(34)33-25-7-5-6-24(16-25)28(29,30)31/h5-13,15-16H,4,14H2,1-3H3,(H,33,34)/b23-13+. The average molecular weight is 479 g/mol. The third-order valence-corrected chi connectivity index (χ3v) is 5.19. The zero-order valence-electron chi connectivity index (χ0n) is 19.7. The van der Waals surface area contributed by atoms with Gasteiger partial charge in [0, 0.05) is 12.1 Å². The fourth-order valence-electron chi connectivity index (χ4n) is 3.77. The van der Waals surface area contributed by atoms with Gasteiger partial charge in [0.05, 0.1) is 12.2 Å². The molecule has 3 aromatic carbocycles. The van der Waals surface area contributed by atoms with Gasteiger partial charge in [-0.25, -0.2) is 0 Å². The van der Waals surface area contributed by atoms with Crippen LogP contribution in [0, 0.1) is 25.2 Å². The fourth-order valence-corrected chi connectivity index (χ4v) is 3.77. The first-order valence-corrected chi connectivity index (χ1v) is 11.0. The Morgan fingerprint density at radius 2 is 1.77 bits per heavy atom. The Hall–Kier alpha value is -4.05. The molecule has 7 heteroatoms. The Bertz CT molecular complexity index is 1280. The van der Waals surface area contributed by atoms with Gasteiger partial charge in [0.25, 0.3) is 5.91 Å². The lowest BCUT2D eigenvalue weighted by atomic mass is 9.98. The van der Waals surface area contributed by atoms with Crippen molar-refractivity contribution in [2.45, 2.75) is 33.4 Å². The molecule has 3 rings (SSSR count). The summed E-state index contributed by atoms with van der Waals surface area (Å²) in [6, 6.07) is 17.8. The topological polar surface area (TPSA) is 62.1 Å². The third kappa shape index (κ3) is 6.97. The third-order valence-electron chi connectivity index (χ3n) is 5.19. The minimum Gasteiger partial charge on any atom is -0.494 e. The van der Waals surface area contributed by atoms with Crippen LogP contribution in [0.3, 0.4) is 0 Å². The highest BCUT2D eigenvalue weighted by Crippen LogP contribution is 2.31. The number of hydrogen-bond donors (Lipinski definition) is 1. The van der Waals surface area contributed by atoms with Crippen molar-refractivity contribution < 1.29 is 22.7 Å². The number of amides is 1. The van der Waals surface area contributed by atoms with Crippen molar-refractivity contribution in [2.24, 2.45) is 0 Å². The number of alkyl halides is 3. The van der Waals surface area contributed by atoms with Gasteiger partial charge in [0.1, 0.15) is 17.4 Å². The Morgan fingerprint density at radius 1 is 1.06 bits per heavy atom. The lowest BCUT2D eigenvalue weighted by Crippen LogP contribution is -2.14. The second-order valence-electron chi connectivity index (χ2n) is 8.18. The van der Waals surface area contributed by atoms with Crippen molar-refractivity contribution in [2.75, 3.05) is 11.9 Å². The zero-order valence-corrected chi connectivity index (χ0v) is 19.7. The molecule has 1 amide bonds. The number of aryl methyl sites for hydroxylation is 2. The van der Waals surface area contributed by atoms with Crippen LogP contribution in [0.15, 0.2) is 66.2 Å². The van der Waals surface area contributed by atoms with E-state index in [-0.39, 0.29) is 11.3 Å². The van der Waals surface area contributed by atoms with E-state index in [1.54, 1.807) is 12.1 Å². The van der Waals surface area contributed by atoms with E-state index in [1.807, 2.05) is 32.9 Å². The zero-order chi connectivity index (χ0) is 25.6. The van der Waals surface area contributed by atoms with Gasteiger partial charge in [-0.2, -0.15) is 18.4 Å². The van der Waals surface area contributed by atoms with E-state index >= 15 is 0 Å². The Balaban J connectivity index is 1.85. The maximum Gasteiger partial charge on any atom is 0.416 e. The molecular formula is C28H25F3N2O2. The van der Waals surface area contributed by atoms with Gasteiger partial charge in [-0.3, -0.25) is 4.79 Å². The van der Waals surface area contributed by atoms with E-state index < -0.39 is 17.6 Å². The molecule has 4 nitrogen and oxygen atoms in total. The maximum atomic E-state index is 12.9. The summed E-state index contributed by atoms with van der Waals surface area (Å²) in [6.07, 6.45) is -2.50. The molecule has 0 aliphatic rings. The minimum absolute atomic E-state index is 0.0511. The highest BCUT2D eigenvalue weighted by Gasteiger charge is 2.30. The number of carbonyl (C=O) groups excluding carboxylic acids is 1. The molecule has 0 saturated carbocycles. The Kier molecular flexibility index (Phi) is 7.98. The van der Waals surface area contributed by atoms with Crippen LogP contribution in [-0.4, -0.2) is 12.5 Å². The quantitative estimate of drug-likeness (QED) is 0.298. The molecule has 0 aromatic heterocycles. The molecule has 0 aliphatic heterocycles. The van der Waals surface area contributed by atoms with Crippen LogP contribution in [0.25, 0.3) is 6.08 Å². The molecule has 0 saturated heterocycles. The van der Waals surface area contributed by atoms with E-state index in [9.17, 15) is 23.2 Å². The van der Waals surface area contributed by atoms with Crippen molar-refractivity contribution in [1.82, 2.24) is 0 Å². The summed E-state index contributed by atoms with van der Waals surface area (Å²) in [7, 11) is 0. The fraction of sp³-hybridized carbons (Fsp3) is 0.214. The molecule has 0 radical (unpaired) electrons. The van der Waals surface area contributed by atoms with Crippen LogP contribution < -0.4 is 10.1 Å². The number of rotatable bonds is 7. The van der Waals surface area contributed by atoms with Crippen molar-refractivity contribution in [3.05, 3.63) is 99.6 Å². The molecule has 1 N–H and O–H groups in total. The summed E-state index contributed by atoms with van der Waals surface area (Å²) in [5.41, 5.74) is 3.82. The van der Waals surface area contributed by atoms with Crippen molar-refractivity contribution in [3.63, 3.8) is 0 Å². The first-order valence-electron chi connectivity index (χ1n) is 11.0. The van der Waals surface area contributed by atoms with Crippen molar-refractivity contribution >= 4 is 17.7 Å². The number of benzene rings is 3. The number of halogens is 3. The molecule has 0 aliphatic carbocycles. The molecule has 3 aromatic rings. The molecule has 0 heterocycles. The Morgan fingerprint density at radius 3 is 2.40 bits per heavy atom. The second kappa shape index (κ2) is 10.9. The molecule has 180 valence electrons. The van der Waals surface area contributed by atoms with E-state index in [1.165, 1.54) is 29.3 Å². The van der Waals surface area contributed by atoms with Gasteiger partial charge in [0.15, 0.2) is 0 Å². The molecule has 0 fully saturated rings. The Labute approximate surface area is 202 Å². The molecule has 0 atom stereocenters. The molecule has 0 spiro atoms. The van der Waals surface area contributed by atoms with Crippen LogP contribution in [0.2, 0.25) is 0 Å². The summed E-state index contributed by atoms with van der Waals surface area (Å²) in [5, 5.41) is 11.9. The van der Waals surface area contributed by atoms with Gasteiger partial charge in [-0.1, -0.05) is 47.5 Å². The monoisotopic (exact) mass is 478 g/mol. The summed E-state index contributed by atoms with van der Waals surface area (Å²) in [5.74, 6) is -0.167. The summed E-state index contributed by atoms with van der Waals surface area (Å²) in [4.78, 5) is 12.6. The normalized spacial score (nSPS) is 11.6. The highest BCUT2D eigenvalue weighted by molar-refractivity contribution is 6.09. The average Bonchev–Trinajstić information content (AvgIpc) is 2.78. The van der Waals surface area contributed by atoms with E-state index in [0.29, 0.717) is 24.3 Å². The van der Waals surface area contributed by atoms with Gasteiger partial charge in [0.2, 0.25) is 0 Å². The second-order valence-corrected chi connectivity index (χ2v) is 8.18. The number of anilines is 1. The molecular weight excluding hydrogens is 453 g/mol. The number of nitrogens with zero attached hydrogens (tertiary/aromatic N) is 1. The molecule has 35 heavy (non-hydrogen) atoms. The smallest absolute Gasteiger partial charge is 0.416 e. The van der Waals surface area contributed by atoms with Crippen LogP contribution in [-0.2, 0) is 17.4 Å². The molecule has 0 unspecified atom stereocenters. The van der Waals surface area contributed by atoms with Crippen molar-refractivity contribution in [3.8, 4) is 11.8 Å². The van der Waals surface area contributed by atoms with Gasteiger partial charge < -0.3 is 10.1 Å². The number of nitriles is 1. The predicted molar refractivity (Wildman–Crippen MR) is 130 cm³/mol. The number of ether oxygens (including phenoxy) is 1. The first-order chi connectivity index (χ1) is 16.6. The van der Waals surface area contributed by atoms with E-state index in [4.69, 9.17) is 4.74 Å². The van der Waals surface area contributed by atoms with Gasteiger partial charge in [-0.05, 0) is 67.8 Å². The summed E-state index contributed by atoms with van der Waals surface area (Å²) < 4.78 is 44.6.